The maximum Gasteiger partial charge on any atom is 0.230 e. The minimum absolute atomic E-state index is 0.120. The number of benzene rings is 3. The number of aliphatic hydroxyl groups excluding tert-OH is 3. The van der Waals surface area contributed by atoms with E-state index in [0.29, 0.717) is 5.56 Å². The highest BCUT2D eigenvalue weighted by Gasteiger charge is 2.66. The minimum Gasteiger partial charge on any atom is -0.508 e. The number of carbonyl (C=O) groups is 3. The van der Waals surface area contributed by atoms with E-state index in [4.69, 9.17) is 5.73 Å². The van der Waals surface area contributed by atoms with Gasteiger partial charge in [-0.1, -0.05) is 56.0 Å². The average Bonchev–Trinajstić information content (AvgIpc) is 2.96. The van der Waals surface area contributed by atoms with Crippen LogP contribution in [0.15, 0.2) is 78.3 Å². The zero-order valence-corrected chi connectivity index (χ0v) is 23.1. The van der Waals surface area contributed by atoms with E-state index in [1.165, 1.54) is 0 Å². The van der Waals surface area contributed by atoms with Gasteiger partial charge in [-0.3, -0.25) is 14.4 Å². The number of Topliss-reactive ketones (excluding diaryl/α,β-unsaturated/α-hetero) is 2. The Bertz CT molecular complexity index is 1760. The summed E-state index contributed by atoms with van der Waals surface area (Å²) >= 11 is 0. The van der Waals surface area contributed by atoms with Crippen molar-refractivity contribution in [2.45, 2.75) is 37.1 Å². The molecule has 11 heteroatoms. The summed E-state index contributed by atoms with van der Waals surface area (Å²) < 4.78 is 0. The lowest BCUT2D eigenvalue weighted by Gasteiger charge is -2.52. The molecule has 9 N–H and O–H groups in total. The number of primary amides is 1. The molecule has 3 aliphatic carbocycles. The predicted octanol–water partition coefficient (Wildman–Crippen LogP) is 2.43. The number of rotatable bonds is 5. The van der Waals surface area contributed by atoms with Crippen molar-refractivity contribution < 1.29 is 39.9 Å². The molecule has 1 fully saturated rings. The normalized spacial score (nSPS) is 29.9. The largest absolute Gasteiger partial charge is 0.508 e. The molecule has 11 nitrogen and oxygen atoms in total. The fraction of sp³-hybridized carbons (Fsp3) is 0.281. The lowest BCUT2D eigenvalue weighted by molar-refractivity contribution is -0.179. The summed E-state index contributed by atoms with van der Waals surface area (Å²) in [7, 11) is 0. The van der Waals surface area contributed by atoms with Crippen molar-refractivity contribution in [2.75, 3.05) is 10.6 Å². The molecule has 6 rings (SSSR count). The second-order valence-electron chi connectivity index (χ2n) is 11.5. The van der Waals surface area contributed by atoms with E-state index in [2.05, 4.69) is 17.2 Å². The predicted molar refractivity (Wildman–Crippen MR) is 157 cm³/mol. The molecule has 0 spiro atoms. The van der Waals surface area contributed by atoms with Crippen molar-refractivity contribution in [3.05, 3.63) is 89.5 Å². The van der Waals surface area contributed by atoms with Gasteiger partial charge in [0.05, 0.1) is 23.5 Å². The third-order valence-corrected chi connectivity index (χ3v) is 9.18. The second-order valence-corrected chi connectivity index (χ2v) is 11.5. The Morgan fingerprint density at radius 2 is 1.67 bits per heavy atom. The molecule has 0 bridgehead atoms. The number of aliphatic hydroxyl groups is 4. The molecule has 3 aromatic carbocycles. The molecule has 222 valence electrons. The van der Waals surface area contributed by atoms with Gasteiger partial charge in [-0.15, -0.1) is 0 Å². The minimum atomic E-state index is -2.83. The zero-order valence-electron chi connectivity index (χ0n) is 23.1. The van der Waals surface area contributed by atoms with E-state index >= 15 is 0 Å². The molecule has 1 amide bonds. The van der Waals surface area contributed by atoms with Crippen LogP contribution in [0.2, 0.25) is 0 Å². The molecule has 7 atom stereocenters. The highest BCUT2D eigenvalue weighted by molar-refractivity contribution is 6.16. The third kappa shape index (κ3) is 4.03. The van der Waals surface area contributed by atoms with Gasteiger partial charge in [-0.2, -0.15) is 0 Å². The van der Waals surface area contributed by atoms with Crippen LogP contribution in [0.1, 0.15) is 35.2 Å². The van der Waals surface area contributed by atoms with Gasteiger partial charge >= 0.3 is 0 Å². The monoisotopic (exact) mass is 585 g/mol. The van der Waals surface area contributed by atoms with Gasteiger partial charge in [0.1, 0.15) is 17.5 Å². The standard InChI is InChI=1S/C32H31N3O8/c1-13-16-10-11-20(35-14(2)34-19-9-5-7-15-6-3-4-8-17(15)19)27(38)23(16)28(39)25-22(13)26(37)18-12-21(36)24(31(33)42)29(40)32(18,43)30(25)41/h3-11,13,18,21-22,24,26,34-38,41,43H,2,12H2,1H3,(H2,33,42)/t13-,18+,21?,22+,24?,26+,32+/m0/s1. The van der Waals surface area contributed by atoms with Gasteiger partial charge in [-0.05, 0) is 35.4 Å². The molecule has 3 aromatic rings. The van der Waals surface area contributed by atoms with Gasteiger partial charge in [0.2, 0.25) is 5.91 Å². The van der Waals surface area contributed by atoms with E-state index in [1.807, 2.05) is 42.5 Å². The number of fused-ring (bicyclic) bond motifs is 4. The summed E-state index contributed by atoms with van der Waals surface area (Å²) in [5.41, 5.74) is 3.09. The summed E-state index contributed by atoms with van der Waals surface area (Å²) in [6.07, 6.45) is -3.56. The number of hydrogen-bond acceptors (Lipinski definition) is 10. The number of amides is 1. The average molecular weight is 586 g/mol. The Kier molecular flexibility index (Phi) is 6.57. The molecular weight excluding hydrogens is 554 g/mol. The fourth-order valence-corrected chi connectivity index (χ4v) is 7.09. The van der Waals surface area contributed by atoms with Crippen molar-refractivity contribution in [2.24, 2.45) is 23.5 Å². The van der Waals surface area contributed by atoms with Gasteiger partial charge < -0.3 is 41.9 Å². The van der Waals surface area contributed by atoms with Crippen molar-refractivity contribution in [3.8, 4) is 5.75 Å². The Hall–Kier alpha value is -4.71. The number of nitrogens with two attached hydrogens (primary N) is 1. The zero-order chi connectivity index (χ0) is 31.0. The second kappa shape index (κ2) is 9.94. The highest BCUT2D eigenvalue weighted by Crippen LogP contribution is 2.55. The summed E-state index contributed by atoms with van der Waals surface area (Å²) in [5.74, 6) is -9.59. The Labute approximate surface area is 246 Å². The molecule has 3 aliphatic rings. The molecule has 0 saturated heterocycles. The van der Waals surface area contributed by atoms with Crippen LogP contribution in [-0.2, 0) is 9.59 Å². The number of phenols is 1. The number of aromatic hydroxyl groups is 1. The first-order chi connectivity index (χ1) is 20.4. The number of anilines is 2. The first-order valence-corrected chi connectivity index (χ1v) is 13.8. The van der Waals surface area contributed by atoms with Gasteiger partial charge in [0.25, 0.3) is 0 Å². The first-order valence-electron chi connectivity index (χ1n) is 13.8. The molecule has 0 heterocycles. The van der Waals surface area contributed by atoms with Crippen LogP contribution >= 0.6 is 0 Å². The molecule has 2 unspecified atom stereocenters. The summed E-state index contributed by atoms with van der Waals surface area (Å²) in [4.78, 5) is 39.1. The van der Waals surface area contributed by atoms with Crippen LogP contribution in [0.4, 0.5) is 11.4 Å². The van der Waals surface area contributed by atoms with Crippen molar-refractivity contribution in [3.63, 3.8) is 0 Å². The van der Waals surface area contributed by atoms with E-state index in [0.717, 1.165) is 16.5 Å². The Balaban J connectivity index is 1.38. The maximum absolute atomic E-state index is 13.9. The van der Waals surface area contributed by atoms with Gasteiger partial charge in [0.15, 0.2) is 22.9 Å². The number of hydrogen-bond donors (Lipinski definition) is 8. The Morgan fingerprint density at radius 3 is 2.40 bits per heavy atom. The SMILES string of the molecule is C=C(Nc1ccc2c(c1O)C(=O)C1=C(O)[C@]3(O)C(=O)C(C(N)=O)C(O)C[C@@H]3[C@@H](O)[C@@H]1[C@H]2C)Nc1cccc2ccccc12. The molecule has 0 radical (unpaired) electrons. The molecule has 0 aliphatic heterocycles. The van der Waals surface area contributed by atoms with Crippen molar-refractivity contribution >= 4 is 39.6 Å². The number of ketones is 2. The molecular formula is C32H31N3O8. The molecule has 0 aromatic heterocycles. The highest BCUT2D eigenvalue weighted by atomic mass is 16.4. The van der Waals surface area contributed by atoms with Crippen LogP contribution in [0.3, 0.4) is 0 Å². The number of phenolic OH excluding ortho intramolecular Hbond substituents is 1. The quantitative estimate of drug-likeness (QED) is 0.162. The van der Waals surface area contributed by atoms with E-state index in [1.54, 1.807) is 19.1 Å². The summed E-state index contributed by atoms with van der Waals surface area (Å²) in [5, 5.41) is 64.1. The number of nitrogens with one attached hydrogen (secondary N) is 2. The first kappa shape index (κ1) is 28.4. The molecule has 1 saturated carbocycles. The maximum atomic E-state index is 13.9. The number of carbonyl (C=O) groups excluding carboxylic acids is 3. The topological polar surface area (TPSA) is 202 Å². The van der Waals surface area contributed by atoms with E-state index in [9.17, 15) is 39.9 Å². The van der Waals surface area contributed by atoms with Crippen LogP contribution in [0, 0.1) is 17.8 Å². The van der Waals surface area contributed by atoms with Crippen molar-refractivity contribution in [1.82, 2.24) is 0 Å². The lowest BCUT2D eigenvalue weighted by atomic mass is 9.54. The van der Waals surface area contributed by atoms with Gasteiger partial charge in [-0.25, -0.2) is 0 Å². The molecule has 43 heavy (non-hydrogen) atoms. The smallest absolute Gasteiger partial charge is 0.230 e. The van der Waals surface area contributed by atoms with Crippen LogP contribution in [-0.4, -0.2) is 60.8 Å². The van der Waals surface area contributed by atoms with Crippen molar-refractivity contribution in [1.29, 1.82) is 0 Å². The van der Waals surface area contributed by atoms with Crippen LogP contribution in [0.25, 0.3) is 10.8 Å². The van der Waals surface area contributed by atoms with Crippen LogP contribution in [0.5, 0.6) is 5.75 Å². The third-order valence-electron chi connectivity index (χ3n) is 9.18. The summed E-state index contributed by atoms with van der Waals surface area (Å²) in [6.45, 7) is 5.67. The summed E-state index contributed by atoms with van der Waals surface area (Å²) in [6, 6.07) is 16.6. The lowest BCUT2D eigenvalue weighted by Crippen LogP contribution is -2.67. The Morgan fingerprint density at radius 1 is 1.00 bits per heavy atom. The van der Waals surface area contributed by atoms with E-state index < -0.39 is 82.5 Å². The van der Waals surface area contributed by atoms with E-state index in [-0.39, 0.29) is 17.1 Å². The van der Waals surface area contributed by atoms with Gasteiger partial charge in [0, 0.05) is 28.5 Å². The fourth-order valence-electron chi connectivity index (χ4n) is 7.09. The van der Waals surface area contributed by atoms with Crippen LogP contribution < -0.4 is 16.4 Å².